The molecule has 0 spiro atoms. The lowest BCUT2D eigenvalue weighted by Gasteiger charge is -2.00. The van der Waals surface area contributed by atoms with Crippen LogP contribution in [-0.4, -0.2) is 21.0 Å². The van der Waals surface area contributed by atoms with Gasteiger partial charge < -0.3 is 10.1 Å². The van der Waals surface area contributed by atoms with Crippen LogP contribution < -0.4 is 0 Å². The number of aromatic carboxylic acids is 1. The second-order valence-electron chi connectivity index (χ2n) is 4.63. The molecule has 0 radical (unpaired) electrons. The molecule has 0 atom stereocenters. The number of halogens is 1. The lowest BCUT2D eigenvalue weighted by atomic mass is 10.1. The van der Waals surface area contributed by atoms with E-state index in [2.05, 4.69) is 9.97 Å². The zero-order valence-electron chi connectivity index (χ0n) is 11.1. The molecule has 0 aliphatic carbocycles. The first-order valence-corrected chi connectivity index (χ1v) is 7.06. The molecule has 1 aromatic carbocycles. The van der Waals surface area contributed by atoms with Gasteiger partial charge in [-0.05, 0) is 25.1 Å². The fourth-order valence-corrected chi connectivity index (χ4v) is 2.85. The Balaban J connectivity index is 1.99. The Morgan fingerprint density at radius 3 is 2.90 bits per heavy atom. The van der Waals surface area contributed by atoms with E-state index in [1.165, 1.54) is 23.5 Å². The standard InChI is InChI=1S/C15H11FN2O2S/c1-8-2-3-11(16)10(4-8)14-18-13(7-21-14)9-5-12(15(19)20)17-6-9/h2-7,17H,1H3,(H,19,20). The van der Waals surface area contributed by atoms with Gasteiger partial charge in [-0.3, -0.25) is 0 Å². The summed E-state index contributed by atoms with van der Waals surface area (Å²) in [5.74, 6) is -1.34. The molecular weight excluding hydrogens is 291 g/mol. The number of hydrogen-bond acceptors (Lipinski definition) is 3. The molecule has 0 aliphatic heterocycles. The fourth-order valence-electron chi connectivity index (χ4n) is 2.00. The Labute approximate surface area is 123 Å². The minimum atomic E-state index is -1.03. The summed E-state index contributed by atoms with van der Waals surface area (Å²) in [7, 11) is 0. The lowest BCUT2D eigenvalue weighted by Crippen LogP contribution is -1.94. The number of thiazole rings is 1. The molecule has 0 saturated heterocycles. The Kier molecular flexibility index (Phi) is 3.31. The van der Waals surface area contributed by atoms with Crippen LogP contribution >= 0.6 is 11.3 Å². The van der Waals surface area contributed by atoms with Crippen LogP contribution in [-0.2, 0) is 0 Å². The van der Waals surface area contributed by atoms with Crippen molar-refractivity contribution < 1.29 is 14.3 Å². The molecule has 0 saturated carbocycles. The van der Waals surface area contributed by atoms with Crippen molar-refractivity contribution in [3.8, 4) is 21.8 Å². The molecule has 3 aromatic rings. The number of carboxylic acids is 1. The van der Waals surface area contributed by atoms with Crippen LogP contribution in [0.25, 0.3) is 21.8 Å². The summed E-state index contributed by atoms with van der Waals surface area (Å²) in [6.45, 7) is 1.89. The number of hydrogen-bond donors (Lipinski definition) is 2. The predicted octanol–water partition coefficient (Wildman–Crippen LogP) is 3.95. The largest absolute Gasteiger partial charge is 0.477 e. The van der Waals surface area contributed by atoms with Crippen molar-refractivity contribution in [1.82, 2.24) is 9.97 Å². The van der Waals surface area contributed by atoms with Crippen molar-refractivity contribution in [1.29, 1.82) is 0 Å². The molecule has 2 aromatic heterocycles. The van der Waals surface area contributed by atoms with Crippen LogP contribution in [0.1, 0.15) is 16.1 Å². The molecule has 0 bridgehead atoms. The number of aryl methyl sites for hydroxylation is 1. The Hall–Kier alpha value is -2.47. The minimum Gasteiger partial charge on any atom is -0.477 e. The third-order valence-corrected chi connectivity index (χ3v) is 3.94. The number of H-pyrrole nitrogens is 1. The smallest absolute Gasteiger partial charge is 0.352 e. The van der Waals surface area contributed by atoms with Crippen molar-refractivity contribution in [2.24, 2.45) is 0 Å². The molecule has 106 valence electrons. The van der Waals surface area contributed by atoms with Crippen LogP contribution in [0.3, 0.4) is 0 Å². The average molecular weight is 302 g/mol. The van der Waals surface area contributed by atoms with Gasteiger partial charge in [-0.15, -0.1) is 11.3 Å². The maximum Gasteiger partial charge on any atom is 0.352 e. The van der Waals surface area contributed by atoms with Crippen molar-refractivity contribution in [2.45, 2.75) is 6.92 Å². The molecule has 2 N–H and O–H groups in total. The number of nitrogens with zero attached hydrogens (tertiary/aromatic N) is 1. The first kappa shape index (κ1) is 13.5. The molecule has 2 heterocycles. The molecule has 3 rings (SSSR count). The summed E-state index contributed by atoms with van der Waals surface area (Å²) in [4.78, 5) is 17.9. The SMILES string of the molecule is Cc1ccc(F)c(-c2nc(-c3c[nH]c(C(=O)O)c3)cs2)c1. The average Bonchev–Trinajstić information content (AvgIpc) is 3.09. The highest BCUT2D eigenvalue weighted by Gasteiger charge is 2.13. The van der Waals surface area contributed by atoms with Gasteiger partial charge in [-0.1, -0.05) is 11.6 Å². The first-order chi connectivity index (χ1) is 10.0. The summed E-state index contributed by atoms with van der Waals surface area (Å²) in [6.07, 6.45) is 1.58. The normalized spacial score (nSPS) is 10.8. The highest BCUT2D eigenvalue weighted by molar-refractivity contribution is 7.13. The van der Waals surface area contributed by atoms with Gasteiger partial charge in [-0.2, -0.15) is 0 Å². The number of aromatic amines is 1. The Morgan fingerprint density at radius 2 is 2.19 bits per heavy atom. The van der Waals surface area contributed by atoms with E-state index in [0.717, 1.165) is 5.56 Å². The molecule has 21 heavy (non-hydrogen) atoms. The van der Waals surface area contributed by atoms with Crippen LogP contribution in [0.15, 0.2) is 35.8 Å². The number of benzene rings is 1. The summed E-state index contributed by atoms with van der Waals surface area (Å²) < 4.78 is 13.9. The second-order valence-corrected chi connectivity index (χ2v) is 5.49. The molecule has 4 nitrogen and oxygen atoms in total. The van der Waals surface area contributed by atoms with E-state index < -0.39 is 5.97 Å². The van der Waals surface area contributed by atoms with E-state index in [9.17, 15) is 9.18 Å². The minimum absolute atomic E-state index is 0.0984. The van der Waals surface area contributed by atoms with Gasteiger partial charge in [0.2, 0.25) is 0 Å². The summed E-state index contributed by atoms with van der Waals surface area (Å²) in [5, 5.41) is 11.3. The highest BCUT2D eigenvalue weighted by atomic mass is 32.1. The molecule has 0 aliphatic rings. The maximum atomic E-state index is 13.9. The van der Waals surface area contributed by atoms with Gasteiger partial charge in [-0.25, -0.2) is 14.2 Å². The van der Waals surface area contributed by atoms with E-state index in [0.29, 0.717) is 21.8 Å². The molecular formula is C15H11FN2O2S. The van der Waals surface area contributed by atoms with Gasteiger partial charge in [0.05, 0.1) is 5.69 Å². The van der Waals surface area contributed by atoms with E-state index >= 15 is 0 Å². The van der Waals surface area contributed by atoms with Crippen molar-refractivity contribution in [3.63, 3.8) is 0 Å². The summed E-state index contributed by atoms with van der Waals surface area (Å²) in [5.41, 5.74) is 2.81. The molecule has 0 amide bonds. The van der Waals surface area contributed by atoms with Crippen LogP contribution in [0.5, 0.6) is 0 Å². The van der Waals surface area contributed by atoms with E-state index in [1.807, 2.05) is 6.92 Å². The monoisotopic (exact) mass is 302 g/mol. The molecule has 0 fully saturated rings. The molecule has 6 heteroatoms. The van der Waals surface area contributed by atoms with Crippen LogP contribution in [0, 0.1) is 12.7 Å². The first-order valence-electron chi connectivity index (χ1n) is 6.19. The quantitative estimate of drug-likeness (QED) is 0.770. The number of carboxylic acid groups (broad SMARTS) is 1. The Morgan fingerprint density at radius 1 is 1.38 bits per heavy atom. The molecule has 0 unspecified atom stereocenters. The zero-order chi connectivity index (χ0) is 15.0. The number of rotatable bonds is 3. The topological polar surface area (TPSA) is 66.0 Å². The number of carbonyl (C=O) groups is 1. The van der Waals surface area contributed by atoms with Crippen molar-refractivity contribution in [3.05, 3.63) is 52.9 Å². The van der Waals surface area contributed by atoms with Gasteiger partial charge in [0.1, 0.15) is 16.5 Å². The third-order valence-electron chi connectivity index (χ3n) is 3.07. The zero-order valence-corrected chi connectivity index (χ0v) is 11.9. The van der Waals surface area contributed by atoms with E-state index in [1.54, 1.807) is 23.7 Å². The third kappa shape index (κ3) is 2.57. The van der Waals surface area contributed by atoms with E-state index in [4.69, 9.17) is 5.11 Å². The lowest BCUT2D eigenvalue weighted by molar-refractivity contribution is 0.0691. The summed E-state index contributed by atoms with van der Waals surface area (Å²) in [6, 6.07) is 6.38. The maximum absolute atomic E-state index is 13.9. The summed E-state index contributed by atoms with van der Waals surface area (Å²) >= 11 is 1.33. The van der Waals surface area contributed by atoms with Gasteiger partial charge in [0.25, 0.3) is 0 Å². The van der Waals surface area contributed by atoms with Crippen molar-refractivity contribution >= 4 is 17.3 Å². The van der Waals surface area contributed by atoms with E-state index in [-0.39, 0.29) is 11.5 Å². The van der Waals surface area contributed by atoms with Crippen LogP contribution in [0.2, 0.25) is 0 Å². The fraction of sp³-hybridized carbons (Fsp3) is 0.0667. The van der Waals surface area contributed by atoms with Gasteiger partial charge in [0, 0.05) is 22.7 Å². The van der Waals surface area contributed by atoms with Crippen molar-refractivity contribution in [2.75, 3.05) is 0 Å². The Bertz CT molecular complexity index is 823. The van der Waals surface area contributed by atoms with Crippen LogP contribution in [0.4, 0.5) is 4.39 Å². The highest BCUT2D eigenvalue weighted by Crippen LogP contribution is 2.31. The van der Waals surface area contributed by atoms with Gasteiger partial charge in [0.15, 0.2) is 0 Å². The van der Waals surface area contributed by atoms with Gasteiger partial charge >= 0.3 is 5.97 Å². The number of aromatic nitrogens is 2. The number of nitrogens with one attached hydrogen (secondary N) is 1. The predicted molar refractivity (Wildman–Crippen MR) is 79.0 cm³/mol. The second kappa shape index (κ2) is 5.14.